The van der Waals surface area contributed by atoms with Crippen LogP contribution >= 0.6 is 0 Å². The molecule has 2 heterocycles. The molecule has 1 aliphatic rings. The summed E-state index contributed by atoms with van der Waals surface area (Å²) in [6.07, 6.45) is 3.89. The highest BCUT2D eigenvalue weighted by Gasteiger charge is 2.36. The molecule has 1 aliphatic carbocycles. The fourth-order valence-corrected chi connectivity index (χ4v) is 4.60. The number of benzene rings is 2. The first-order valence-corrected chi connectivity index (χ1v) is 11.7. The summed E-state index contributed by atoms with van der Waals surface area (Å²) in [5, 5.41) is 11.3. The molecule has 9 heteroatoms. The van der Waals surface area contributed by atoms with Gasteiger partial charge in [-0.25, -0.2) is 9.07 Å². The maximum atomic E-state index is 13.8. The second-order valence-electron chi connectivity index (χ2n) is 8.82. The molecule has 1 unspecified atom stereocenters. The zero-order valence-electron chi connectivity index (χ0n) is 19.4. The second kappa shape index (κ2) is 9.69. The lowest BCUT2D eigenvalue weighted by Crippen LogP contribution is -2.47. The molecule has 4 aromatic rings. The van der Waals surface area contributed by atoms with Crippen molar-refractivity contribution in [2.45, 2.75) is 51.2 Å². The van der Waals surface area contributed by atoms with Crippen molar-refractivity contribution < 1.29 is 18.4 Å². The van der Waals surface area contributed by atoms with E-state index in [1.807, 2.05) is 24.3 Å². The summed E-state index contributed by atoms with van der Waals surface area (Å²) < 4.78 is 21.1. The van der Waals surface area contributed by atoms with Gasteiger partial charge in [-0.1, -0.05) is 30.2 Å². The lowest BCUT2D eigenvalue weighted by Gasteiger charge is -2.31. The minimum atomic E-state index is -1.07. The Morgan fingerprint density at radius 1 is 1.11 bits per heavy atom. The van der Waals surface area contributed by atoms with Crippen LogP contribution in [0.3, 0.4) is 0 Å². The topological polar surface area (TPSA) is 93.3 Å². The third-order valence-corrected chi connectivity index (χ3v) is 6.32. The Kier molecular flexibility index (Phi) is 6.31. The number of rotatable bonds is 7. The first-order chi connectivity index (χ1) is 17.0. The van der Waals surface area contributed by atoms with Crippen molar-refractivity contribution in [1.82, 2.24) is 20.3 Å². The van der Waals surface area contributed by atoms with Gasteiger partial charge in [-0.3, -0.25) is 14.5 Å². The molecule has 1 saturated carbocycles. The standard InChI is InChI=1S/C26H26FN5O3/c1-17-10-15-23(35-17)25(26(34)28-19-6-2-3-7-19)32(20-13-11-18(27)12-14-20)24(33)16-31-22-9-5-4-8-21(22)29-30-31/h4-5,8-15,19,25H,2-3,6-7,16H2,1H3,(H,28,34). The average Bonchev–Trinajstić information content (AvgIpc) is 3.60. The molecule has 0 saturated heterocycles. The van der Waals surface area contributed by atoms with Gasteiger partial charge in [-0.2, -0.15) is 0 Å². The maximum Gasteiger partial charge on any atom is 0.251 e. The van der Waals surface area contributed by atoms with Crippen molar-refractivity contribution in [2.24, 2.45) is 0 Å². The second-order valence-corrected chi connectivity index (χ2v) is 8.82. The third-order valence-electron chi connectivity index (χ3n) is 6.32. The summed E-state index contributed by atoms with van der Waals surface area (Å²) in [6, 6.07) is 15.2. The van der Waals surface area contributed by atoms with E-state index in [4.69, 9.17) is 4.42 Å². The van der Waals surface area contributed by atoms with E-state index >= 15 is 0 Å². The van der Waals surface area contributed by atoms with E-state index in [2.05, 4.69) is 15.6 Å². The summed E-state index contributed by atoms with van der Waals surface area (Å²) in [5.74, 6) is -0.240. The smallest absolute Gasteiger partial charge is 0.251 e. The number of amides is 2. The number of halogens is 1. The van der Waals surface area contributed by atoms with E-state index in [9.17, 15) is 14.0 Å². The van der Waals surface area contributed by atoms with Crippen molar-refractivity contribution in [3.63, 3.8) is 0 Å². The van der Waals surface area contributed by atoms with Crippen LogP contribution in [0.25, 0.3) is 11.0 Å². The molecule has 1 atom stereocenters. The van der Waals surface area contributed by atoms with Crippen LogP contribution in [0.5, 0.6) is 0 Å². The Hall–Kier alpha value is -4.01. The van der Waals surface area contributed by atoms with Crippen LogP contribution in [-0.2, 0) is 16.1 Å². The predicted octanol–water partition coefficient (Wildman–Crippen LogP) is 4.31. The molecule has 2 aromatic carbocycles. The number of aryl methyl sites for hydroxylation is 1. The number of hydrogen-bond donors (Lipinski definition) is 1. The van der Waals surface area contributed by atoms with Gasteiger partial charge in [0.15, 0.2) is 6.04 Å². The maximum absolute atomic E-state index is 13.8. The van der Waals surface area contributed by atoms with Gasteiger partial charge in [0.05, 0.1) is 5.52 Å². The van der Waals surface area contributed by atoms with Gasteiger partial charge >= 0.3 is 0 Å². The van der Waals surface area contributed by atoms with Gasteiger partial charge in [-0.05, 0) is 68.3 Å². The van der Waals surface area contributed by atoms with E-state index in [0.29, 0.717) is 28.2 Å². The van der Waals surface area contributed by atoms with E-state index in [1.165, 1.54) is 33.8 Å². The highest BCUT2D eigenvalue weighted by Crippen LogP contribution is 2.31. The molecule has 35 heavy (non-hydrogen) atoms. The van der Waals surface area contributed by atoms with E-state index < -0.39 is 17.8 Å². The summed E-state index contributed by atoms with van der Waals surface area (Å²) in [7, 11) is 0. The Morgan fingerprint density at radius 3 is 2.57 bits per heavy atom. The zero-order chi connectivity index (χ0) is 24.4. The molecule has 8 nitrogen and oxygen atoms in total. The van der Waals surface area contributed by atoms with Gasteiger partial charge in [0.2, 0.25) is 5.91 Å². The highest BCUT2D eigenvalue weighted by molar-refractivity contribution is 6.01. The van der Waals surface area contributed by atoms with Crippen molar-refractivity contribution in [3.05, 3.63) is 78.0 Å². The lowest BCUT2D eigenvalue weighted by atomic mass is 10.1. The third kappa shape index (κ3) is 4.80. The minimum absolute atomic E-state index is 0.0467. The summed E-state index contributed by atoms with van der Waals surface area (Å²) in [6.45, 7) is 1.62. The number of nitrogens with one attached hydrogen (secondary N) is 1. The number of hydrogen-bond acceptors (Lipinski definition) is 5. The van der Waals surface area contributed by atoms with E-state index in [-0.39, 0.29) is 18.5 Å². The molecule has 180 valence electrons. The molecule has 0 radical (unpaired) electrons. The molecule has 0 bridgehead atoms. The number of para-hydroxylation sites is 1. The largest absolute Gasteiger partial charge is 0.464 e. The molecule has 5 rings (SSSR count). The summed E-state index contributed by atoms with van der Waals surface area (Å²) >= 11 is 0. The van der Waals surface area contributed by atoms with Crippen LogP contribution < -0.4 is 10.2 Å². The predicted molar refractivity (Wildman–Crippen MR) is 128 cm³/mol. The van der Waals surface area contributed by atoms with Crippen LogP contribution in [0.15, 0.2) is 65.1 Å². The van der Waals surface area contributed by atoms with Crippen LogP contribution in [0, 0.1) is 12.7 Å². The molecule has 0 aliphatic heterocycles. The zero-order valence-corrected chi connectivity index (χ0v) is 19.4. The summed E-state index contributed by atoms with van der Waals surface area (Å²) in [4.78, 5) is 28.8. The Morgan fingerprint density at radius 2 is 1.86 bits per heavy atom. The molecule has 1 N–H and O–H groups in total. The number of anilines is 1. The van der Waals surface area contributed by atoms with E-state index in [0.717, 1.165) is 25.7 Å². The lowest BCUT2D eigenvalue weighted by molar-refractivity contribution is -0.127. The molecule has 2 aromatic heterocycles. The average molecular weight is 476 g/mol. The molecule has 0 spiro atoms. The fourth-order valence-electron chi connectivity index (χ4n) is 4.60. The normalized spacial score (nSPS) is 14.8. The van der Waals surface area contributed by atoms with Gasteiger partial charge in [0.1, 0.15) is 29.4 Å². The van der Waals surface area contributed by atoms with Gasteiger partial charge in [0.25, 0.3) is 5.91 Å². The molecule has 1 fully saturated rings. The molecule has 2 amide bonds. The van der Waals surface area contributed by atoms with Crippen LogP contribution in [0.4, 0.5) is 10.1 Å². The van der Waals surface area contributed by atoms with Crippen LogP contribution in [-0.4, -0.2) is 32.9 Å². The highest BCUT2D eigenvalue weighted by atomic mass is 19.1. The number of carbonyl (C=O) groups excluding carboxylic acids is 2. The van der Waals surface area contributed by atoms with E-state index in [1.54, 1.807) is 19.1 Å². The van der Waals surface area contributed by atoms with Crippen LogP contribution in [0.2, 0.25) is 0 Å². The minimum Gasteiger partial charge on any atom is -0.464 e. The number of carbonyl (C=O) groups is 2. The number of furan rings is 1. The van der Waals surface area contributed by atoms with Crippen molar-refractivity contribution in [1.29, 1.82) is 0 Å². The molecular formula is C26H26FN5O3. The Balaban J connectivity index is 1.55. The first kappa shape index (κ1) is 22.8. The Bertz CT molecular complexity index is 1340. The van der Waals surface area contributed by atoms with Gasteiger partial charge in [0, 0.05) is 11.7 Å². The quantitative estimate of drug-likeness (QED) is 0.430. The van der Waals surface area contributed by atoms with Crippen molar-refractivity contribution >= 4 is 28.5 Å². The number of aromatic nitrogens is 3. The molecular weight excluding hydrogens is 449 g/mol. The van der Waals surface area contributed by atoms with Crippen LogP contribution in [0.1, 0.15) is 43.2 Å². The van der Waals surface area contributed by atoms with Crippen molar-refractivity contribution in [3.8, 4) is 0 Å². The SMILES string of the molecule is Cc1ccc(C(C(=O)NC2CCCC2)N(C(=O)Cn2nnc3ccccc32)c2ccc(F)cc2)o1. The first-order valence-electron chi connectivity index (χ1n) is 11.7. The van der Waals surface area contributed by atoms with Gasteiger partial charge < -0.3 is 9.73 Å². The number of nitrogens with zero attached hydrogens (tertiary/aromatic N) is 4. The number of fused-ring (bicyclic) bond motifs is 1. The van der Waals surface area contributed by atoms with Crippen molar-refractivity contribution in [2.75, 3.05) is 4.90 Å². The fraction of sp³-hybridized carbons (Fsp3) is 0.308. The monoisotopic (exact) mass is 475 g/mol. The summed E-state index contributed by atoms with van der Waals surface area (Å²) in [5.41, 5.74) is 1.73. The van der Waals surface area contributed by atoms with Gasteiger partial charge in [-0.15, -0.1) is 5.10 Å². The Labute approximate surface area is 201 Å².